The van der Waals surface area contributed by atoms with Gasteiger partial charge in [-0.25, -0.2) is 8.42 Å². The Hall–Kier alpha value is -2.65. The zero-order valence-electron chi connectivity index (χ0n) is 27.9. The van der Waals surface area contributed by atoms with Crippen molar-refractivity contribution in [3.8, 4) is 17.2 Å². The second-order valence-corrected chi connectivity index (χ2v) is 14.4. The van der Waals surface area contributed by atoms with E-state index < -0.39 is 10.0 Å². The fourth-order valence-electron chi connectivity index (χ4n) is 5.12. The van der Waals surface area contributed by atoms with Crippen molar-refractivity contribution in [3.63, 3.8) is 0 Å². The highest BCUT2D eigenvalue weighted by molar-refractivity contribution is 7.92. The molecule has 2 aromatic carbocycles. The van der Waals surface area contributed by atoms with Gasteiger partial charge in [-0.15, -0.1) is 0 Å². The van der Waals surface area contributed by atoms with Crippen LogP contribution in [0.5, 0.6) is 17.2 Å². The van der Waals surface area contributed by atoms with Crippen LogP contribution in [-0.4, -0.2) is 40.5 Å². The second-order valence-electron chi connectivity index (χ2n) is 12.7. The minimum Gasteiger partial charge on any atom is -0.506 e. The van der Waals surface area contributed by atoms with E-state index >= 15 is 0 Å². The lowest BCUT2D eigenvalue weighted by molar-refractivity contribution is 0.144. The van der Waals surface area contributed by atoms with E-state index in [1.807, 2.05) is 20.8 Å². The number of phenols is 1. The molecule has 8 nitrogen and oxygen atoms in total. The number of methoxy groups -OCH3 is 1. The van der Waals surface area contributed by atoms with Crippen molar-refractivity contribution in [2.75, 3.05) is 37.4 Å². The molecule has 2 aromatic rings. The monoisotopic (exact) mass is 634 g/mol. The number of rotatable bonds is 23. The van der Waals surface area contributed by atoms with Crippen molar-refractivity contribution >= 4 is 21.4 Å². The molecular weight excluding hydrogens is 576 g/mol. The third-order valence-electron chi connectivity index (χ3n) is 7.71. The lowest BCUT2D eigenvalue weighted by Crippen LogP contribution is -2.18. The van der Waals surface area contributed by atoms with E-state index in [1.165, 1.54) is 102 Å². The molecule has 0 heterocycles. The van der Waals surface area contributed by atoms with Gasteiger partial charge in [0.1, 0.15) is 28.8 Å². The minimum absolute atomic E-state index is 0.0593. The van der Waals surface area contributed by atoms with Crippen LogP contribution in [0.2, 0.25) is 0 Å². The highest BCUT2D eigenvalue weighted by Gasteiger charge is 2.26. The Kier molecular flexibility index (Phi) is 16.8. The van der Waals surface area contributed by atoms with Crippen LogP contribution in [0.25, 0.3) is 0 Å². The van der Waals surface area contributed by atoms with Crippen LogP contribution in [0.3, 0.4) is 0 Å². The van der Waals surface area contributed by atoms with E-state index in [9.17, 15) is 13.5 Å². The molecule has 0 saturated heterocycles. The molecule has 0 aliphatic heterocycles. The zero-order chi connectivity index (χ0) is 32.4. The molecule has 9 heteroatoms. The van der Waals surface area contributed by atoms with Crippen molar-refractivity contribution in [1.29, 1.82) is 0 Å². The predicted octanol–water partition coefficient (Wildman–Crippen LogP) is 8.96. The Morgan fingerprint density at radius 3 is 1.84 bits per heavy atom. The zero-order valence-corrected chi connectivity index (χ0v) is 28.7. The number of sulfonamides is 1. The van der Waals surface area contributed by atoms with E-state index in [-0.39, 0.29) is 39.8 Å². The van der Waals surface area contributed by atoms with Gasteiger partial charge in [-0.3, -0.25) is 4.72 Å². The molecule has 0 aliphatic carbocycles. The second kappa shape index (κ2) is 19.7. The molecule has 250 valence electrons. The molecule has 0 saturated carbocycles. The standard InChI is InChI=1S/C35H58N2O6S/c1-6-7-8-9-10-11-12-13-14-15-16-17-18-19-22-42-33-27-31(38)30(26-29(33)35(2,3)4)37-44(39,40)34-25-28(36)20-21-32(34)43-24-23-41-5/h20-21,25-27,37-38H,6-19,22-24,36H2,1-5H3. The van der Waals surface area contributed by atoms with E-state index in [1.54, 1.807) is 12.1 Å². The molecule has 0 bridgehead atoms. The number of hydrogen-bond donors (Lipinski definition) is 3. The molecule has 0 radical (unpaired) electrons. The number of nitrogens with one attached hydrogen (secondary N) is 1. The number of phenolic OH excluding ortho intramolecular Hbond substituents is 1. The van der Waals surface area contributed by atoms with E-state index in [4.69, 9.17) is 19.9 Å². The average Bonchev–Trinajstić information content (AvgIpc) is 2.96. The summed E-state index contributed by atoms with van der Waals surface area (Å²) < 4.78 is 46.1. The number of nitrogens with two attached hydrogens (primary N) is 1. The number of hydrogen-bond acceptors (Lipinski definition) is 7. The maximum absolute atomic E-state index is 13.4. The summed E-state index contributed by atoms with van der Waals surface area (Å²) >= 11 is 0. The van der Waals surface area contributed by atoms with Gasteiger partial charge in [-0.2, -0.15) is 0 Å². The fraction of sp³-hybridized carbons (Fsp3) is 0.657. The maximum atomic E-state index is 13.4. The average molecular weight is 635 g/mol. The largest absolute Gasteiger partial charge is 0.506 e. The van der Waals surface area contributed by atoms with E-state index in [0.717, 1.165) is 18.4 Å². The molecule has 0 spiro atoms. The number of aromatic hydroxyl groups is 1. The van der Waals surface area contributed by atoms with Crippen molar-refractivity contribution < 1.29 is 27.7 Å². The number of anilines is 2. The van der Waals surface area contributed by atoms with Crippen LogP contribution in [0, 0.1) is 0 Å². The molecular formula is C35H58N2O6S. The molecule has 2 rings (SSSR count). The predicted molar refractivity (Wildman–Crippen MR) is 182 cm³/mol. The molecule has 4 N–H and O–H groups in total. The number of ether oxygens (including phenoxy) is 3. The Labute approximate surface area is 267 Å². The molecule has 0 aliphatic rings. The summed E-state index contributed by atoms with van der Waals surface area (Å²) in [6, 6.07) is 7.55. The first-order valence-electron chi connectivity index (χ1n) is 16.5. The summed E-state index contributed by atoms with van der Waals surface area (Å²) in [5, 5.41) is 10.8. The molecule has 0 fully saturated rings. The number of benzene rings is 2. The SMILES string of the molecule is CCCCCCCCCCCCCCCCOc1cc(O)c(NS(=O)(=O)c2cc(N)ccc2OCCOC)cc1C(C)(C)C. The Morgan fingerprint density at radius 1 is 0.750 bits per heavy atom. The topological polar surface area (TPSA) is 120 Å². The highest BCUT2D eigenvalue weighted by Crippen LogP contribution is 2.40. The first kappa shape index (κ1) is 37.5. The molecule has 0 amide bonds. The third kappa shape index (κ3) is 13.6. The fourth-order valence-corrected chi connectivity index (χ4v) is 6.37. The smallest absolute Gasteiger partial charge is 0.265 e. The molecule has 44 heavy (non-hydrogen) atoms. The van der Waals surface area contributed by atoms with E-state index in [2.05, 4.69) is 11.6 Å². The van der Waals surface area contributed by atoms with Crippen LogP contribution in [0.4, 0.5) is 11.4 Å². The number of nitrogen functional groups attached to an aromatic ring is 1. The first-order chi connectivity index (χ1) is 21.0. The lowest BCUT2D eigenvalue weighted by atomic mass is 9.86. The molecule has 0 unspecified atom stereocenters. The van der Waals surface area contributed by atoms with Gasteiger partial charge >= 0.3 is 0 Å². The van der Waals surface area contributed by atoms with Gasteiger partial charge in [-0.05, 0) is 36.1 Å². The molecule has 0 atom stereocenters. The van der Waals surface area contributed by atoms with Gasteiger partial charge in [0.25, 0.3) is 10.0 Å². The van der Waals surface area contributed by atoms with Crippen LogP contribution in [-0.2, 0) is 20.2 Å². The van der Waals surface area contributed by atoms with Crippen LogP contribution in [0.15, 0.2) is 35.2 Å². The Balaban J connectivity index is 1.90. The van der Waals surface area contributed by atoms with Crippen molar-refractivity contribution in [1.82, 2.24) is 0 Å². The number of unbranched alkanes of at least 4 members (excludes halogenated alkanes) is 13. The van der Waals surface area contributed by atoms with Crippen molar-refractivity contribution in [2.45, 2.75) is 128 Å². The summed E-state index contributed by atoms with van der Waals surface area (Å²) in [6.45, 7) is 9.35. The summed E-state index contributed by atoms with van der Waals surface area (Å²) in [5.74, 6) is 0.482. The normalized spacial score (nSPS) is 11.9. The van der Waals surface area contributed by atoms with Crippen molar-refractivity contribution in [3.05, 3.63) is 35.9 Å². The lowest BCUT2D eigenvalue weighted by Gasteiger charge is -2.25. The van der Waals surface area contributed by atoms with E-state index in [0.29, 0.717) is 19.0 Å². The van der Waals surface area contributed by atoms with Gasteiger partial charge in [0.15, 0.2) is 0 Å². The quantitative estimate of drug-likeness (QED) is 0.0634. The third-order valence-corrected chi connectivity index (χ3v) is 9.09. The van der Waals surface area contributed by atoms with Crippen molar-refractivity contribution in [2.24, 2.45) is 0 Å². The summed E-state index contributed by atoms with van der Waals surface area (Å²) in [6.07, 6.45) is 18.1. The highest BCUT2D eigenvalue weighted by atomic mass is 32.2. The Bertz CT molecular complexity index is 1210. The maximum Gasteiger partial charge on any atom is 0.265 e. The summed E-state index contributed by atoms with van der Waals surface area (Å²) in [7, 11) is -2.61. The minimum atomic E-state index is -4.14. The summed E-state index contributed by atoms with van der Waals surface area (Å²) in [4.78, 5) is -0.122. The van der Waals surface area contributed by atoms with Gasteiger partial charge < -0.3 is 25.1 Å². The van der Waals surface area contributed by atoms with Crippen LogP contribution in [0.1, 0.15) is 123 Å². The summed E-state index contributed by atoms with van der Waals surface area (Å²) in [5.41, 5.74) is 6.67. The van der Waals surface area contributed by atoms with Gasteiger partial charge in [0, 0.05) is 24.4 Å². The first-order valence-corrected chi connectivity index (χ1v) is 18.0. The van der Waals surface area contributed by atoms with Gasteiger partial charge in [-0.1, -0.05) is 111 Å². The van der Waals surface area contributed by atoms with Crippen LogP contribution < -0.4 is 19.9 Å². The van der Waals surface area contributed by atoms with Gasteiger partial charge in [0.2, 0.25) is 0 Å². The Morgan fingerprint density at radius 2 is 1.30 bits per heavy atom. The van der Waals surface area contributed by atoms with Crippen LogP contribution >= 0.6 is 0 Å². The van der Waals surface area contributed by atoms with Gasteiger partial charge in [0.05, 0.1) is 18.9 Å². The molecule has 0 aromatic heterocycles.